The Kier molecular flexibility index (Phi) is 3.33. The van der Waals surface area contributed by atoms with Crippen molar-refractivity contribution in [3.63, 3.8) is 0 Å². The highest BCUT2D eigenvalue weighted by atomic mass is 19.3. The summed E-state index contributed by atoms with van der Waals surface area (Å²) in [7, 11) is 0. The number of H-pyrrole nitrogens is 1. The lowest BCUT2D eigenvalue weighted by Crippen LogP contribution is -2.34. The van der Waals surface area contributed by atoms with E-state index < -0.39 is 36.7 Å². The molecule has 0 radical (unpaired) electrons. The van der Waals surface area contributed by atoms with E-state index in [1.807, 2.05) is 0 Å². The third-order valence-electron chi connectivity index (χ3n) is 3.32. The van der Waals surface area contributed by atoms with Gasteiger partial charge in [0.2, 0.25) is 5.95 Å². The van der Waals surface area contributed by atoms with E-state index in [9.17, 15) is 14.4 Å². The molecule has 2 aromatic heterocycles. The fraction of sp³-hybridized carbons (Fsp3) is 0.500. The largest absolute Gasteiger partial charge is 0.394 e. The molecule has 1 aliphatic rings. The summed E-state index contributed by atoms with van der Waals surface area (Å²) in [5.41, 5.74) is 4.96. The van der Waals surface area contributed by atoms with Crippen molar-refractivity contribution in [2.24, 2.45) is 0 Å². The van der Waals surface area contributed by atoms with Crippen molar-refractivity contribution in [2.75, 3.05) is 12.3 Å². The number of rotatable bonds is 3. The minimum Gasteiger partial charge on any atom is -0.394 e. The van der Waals surface area contributed by atoms with Crippen LogP contribution >= 0.6 is 0 Å². The van der Waals surface area contributed by atoms with Crippen LogP contribution in [0.5, 0.6) is 0 Å². The van der Waals surface area contributed by atoms with Crippen LogP contribution in [0.25, 0.3) is 11.2 Å². The number of nitrogens with one attached hydrogen (secondary N) is 1. The summed E-state index contributed by atoms with van der Waals surface area (Å²) in [6.07, 6.45) is -3.77. The second kappa shape index (κ2) is 5.04. The maximum absolute atomic E-state index is 12.5. The van der Waals surface area contributed by atoms with E-state index in [1.165, 1.54) is 10.9 Å². The van der Waals surface area contributed by atoms with Crippen LogP contribution in [0.15, 0.2) is 11.1 Å². The van der Waals surface area contributed by atoms with Crippen LogP contribution in [0.2, 0.25) is 0 Å². The number of nitrogens with zero attached hydrogens (tertiary/aromatic N) is 3. The monoisotopic (exact) mass is 301 g/mol. The van der Waals surface area contributed by atoms with Crippen molar-refractivity contribution in [2.45, 2.75) is 24.5 Å². The zero-order chi connectivity index (χ0) is 15.1. The zero-order valence-corrected chi connectivity index (χ0v) is 10.5. The van der Waals surface area contributed by atoms with Gasteiger partial charge in [0, 0.05) is 0 Å². The Hall–Kier alpha value is -2.08. The second-order valence-corrected chi connectivity index (χ2v) is 4.57. The number of ether oxygens (including phenoxy) is 1. The quantitative estimate of drug-likeness (QED) is 0.520. The second-order valence-electron chi connectivity index (χ2n) is 4.57. The number of nitrogen functional groups attached to an aromatic ring is 1. The van der Waals surface area contributed by atoms with Gasteiger partial charge in [-0.15, -0.1) is 0 Å². The first kappa shape index (κ1) is 13.9. The minimum absolute atomic E-state index is 0.00911. The molecule has 1 aliphatic heterocycles. The molecule has 3 rings (SSSR count). The van der Waals surface area contributed by atoms with E-state index in [1.54, 1.807) is 0 Å². The van der Waals surface area contributed by atoms with Gasteiger partial charge in [-0.1, -0.05) is 0 Å². The molecule has 2 unspecified atom stereocenters. The number of anilines is 1. The Balaban J connectivity index is 2.07. The molecule has 114 valence electrons. The third kappa shape index (κ3) is 2.06. The van der Waals surface area contributed by atoms with E-state index in [2.05, 4.69) is 19.9 Å². The van der Waals surface area contributed by atoms with Crippen LogP contribution in [0, 0.1) is 0 Å². The molecule has 5 N–H and O–H groups in total. The number of fused-ring (bicyclic) bond motifs is 1. The Morgan fingerprint density at radius 1 is 1.62 bits per heavy atom. The number of halogens is 1. The van der Waals surface area contributed by atoms with Crippen molar-refractivity contribution >= 4 is 17.1 Å². The number of aliphatic hydroxyl groups is 2. The van der Waals surface area contributed by atoms with Gasteiger partial charge in [-0.25, -0.2) is 4.98 Å². The average molecular weight is 301 g/mol. The van der Waals surface area contributed by atoms with Gasteiger partial charge in [-0.3, -0.25) is 14.3 Å². The van der Waals surface area contributed by atoms with E-state index in [0.717, 1.165) is 0 Å². The Labute approximate surface area is 115 Å². The van der Waals surface area contributed by atoms with Crippen LogP contribution in [0.4, 0.5) is 10.5 Å². The SMILES string of the molecule is Nc1nc2c(ncn2[C@@H]2O[C@H](CO)C(OF)C2O)c(=O)[nH]1. The number of aromatic nitrogens is 4. The fourth-order valence-corrected chi connectivity index (χ4v) is 2.34. The lowest BCUT2D eigenvalue weighted by molar-refractivity contribution is -0.214. The van der Waals surface area contributed by atoms with Crippen LogP contribution < -0.4 is 11.3 Å². The highest BCUT2D eigenvalue weighted by molar-refractivity contribution is 5.70. The molecule has 10 nitrogen and oxygen atoms in total. The van der Waals surface area contributed by atoms with E-state index >= 15 is 0 Å². The minimum atomic E-state index is -1.42. The van der Waals surface area contributed by atoms with Crippen molar-refractivity contribution < 1.29 is 24.4 Å². The molecule has 3 heterocycles. The predicted octanol–water partition coefficient (Wildman–Crippen LogP) is -1.78. The molecule has 11 heteroatoms. The maximum Gasteiger partial charge on any atom is 0.280 e. The van der Waals surface area contributed by atoms with Gasteiger partial charge in [0.05, 0.1) is 12.9 Å². The molecule has 0 spiro atoms. The van der Waals surface area contributed by atoms with Gasteiger partial charge in [-0.05, 0) is 4.53 Å². The normalized spacial score (nSPS) is 29.3. The number of aliphatic hydroxyl groups excluding tert-OH is 2. The molecule has 4 atom stereocenters. The zero-order valence-electron chi connectivity index (χ0n) is 10.5. The standard InChI is InChI=1S/C10H12FN5O5/c11-21-6-3(1-17)20-9(5(6)18)16-2-13-4-7(16)14-10(12)15-8(4)19/h2-3,5-6,9,17-18H,1H2,(H3,12,14,15,19)/t3-,5?,6?,9-/m1/s1. The first-order chi connectivity index (χ1) is 10.1. The van der Waals surface area contributed by atoms with Gasteiger partial charge in [-0.2, -0.15) is 9.93 Å². The smallest absolute Gasteiger partial charge is 0.280 e. The fourth-order valence-electron chi connectivity index (χ4n) is 2.34. The van der Waals surface area contributed by atoms with E-state index in [4.69, 9.17) is 15.6 Å². The Morgan fingerprint density at radius 2 is 2.38 bits per heavy atom. The lowest BCUT2D eigenvalue weighted by Gasteiger charge is -2.16. The summed E-state index contributed by atoms with van der Waals surface area (Å²) in [6.45, 7) is -0.551. The molecule has 1 saturated heterocycles. The van der Waals surface area contributed by atoms with Crippen molar-refractivity contribution in [3.05, 3.63) is 16.7 Å². The number of nitrogens with two attached hydrogens (primary N) is 1. The summed E-state index contributed by atoms with van der Waals surface area (Å²) >= 11 is 0. The van der Waals surface area contributed by atoms with Crippen molar-refractivity contribution in [3.8, 4) is 0 Å². The molecule has 0 aromatic carbocycles. The summed E-state index contributed by atoms with van der Waals surface area (Å²) in [5, 5.41) is 19.1. The number of aromatic amines is 1. The van der Waals surface area contributed by atoms with Gasteiger partial charge < -0.3 is 20.7 Å². The van der Waals surface area contributed by atoms with E-state index in [-0.39, 0.29) is 17.1 Å². The number of hydrogen-bond acceptors (Lipinski definition) is 8. The lowest BCUT2D eigenvalue weighted by atomic mass is 10.1. The maximum atomic E-state index is 12.5. The molecule has 1 fully saturated rings. The van der Waals surface area contributed by atoms with Gasteiger partial charge >= 0.3 is 0 Å². The summed E-state index contributed by atoms with van der Waals surface area (Å²) in [4.78, 5) is 25.3. The average Bonchev–Trinajstić information content (AvgIpc) is 2.99. The van der Waals surface area contributed by atoms with Crippen LogP contribution in [0.3, 0.4) is 0 Å². The van der Waals surface area contributed by atoms with Crippen molar-refractivity contribution in [1.82, 2.24) is 19.5 Å². The van der Waals surface area contributed by atoms with Gasteiger partial charge in [0.15, 0.2) is 23.5 Å². The van der Waals surface area contributed by atoms with E-state index in [0.29, 0.717) is 0 Å². The van der Waals surface area contributed by atoms with Crippen LogP contribution in [0.1, 0.15) is 6.23 Å². The molecular weight excluding hydrogens is 289 g/mol. The summed E-state index contributed by atoms with van der Waals surface area (Å²) in [6, 6.07) is 0. The Morgan fingerprint density at radius 3 is 3.00 bits per heavy atom. The highest BCUT2D eigenvalue weighted by Crippen LogP contribution is 2.32. The topological polar surface area (TPSA) is 149 Å². The first-order valence-electron chi connectivity index (χ1n) is 6.01. The molecule has 2 aromatic rings. The molecule has 0 saturated carbocycles. The van der Waals surface area contributed by atoms with Crippen LogP contribution in [-0.2, 0) is 9.68 Å². The van der Waals surface area contributed by atoms with Crippen LogP contribution in [-0.4, -0.2) is 54.7 Å². The molecule has 0 bridgehead atoms. The number of hydrogen-bond donors (Lipinski definition) is 4. The molecule has 0 aliphatic carbocycles. The molecule has 21 heavy (non-hydrogen) atoms. The molecule has 0 amide bonds. The third-order valence-corrected chi connectivity index (χ3v) is 3.32. The predicted molar refractivity (Wildman–Crippen MR) is 65.5 cm³/mol. The highest BCUT2D eigenvalue weighted by Gasteiger charge is 2.46. The summed E-state index contributed by atoms with van der Waals surface area (Å²) in [5.74, 6) is -0.140. The van der Waals surface area contributed by atoms with Crippen molar-refractivity contribution in [1.29, 1.82) is 0 Å². The first-order valence-corrected chi connectivity index (χ1v) is 6.01. The molecular formula is C10H12FN5O5. The summed E-state index contributed by atoms with van der Waals surface area (Å²) < 4.78 is 19.0. The van der Waals surface area contributed by atoms with Gasteiger partial charge in [0.25, 0.3) is 5.56 Å². The number of imidazole rings is 1. The van der Waals surface area contributed by atoms with Gasteiger partial charge in [0.1, 0.15) is 12.2 Å². The Bertz CT molecular complexity index is 717.